The molecule has 8 nitrogen and oxygen atoms in total. The first kappa shape index (κ1) is 44.2. The van der Waals surface area contributed by atoms with Gasteiger partial charge in [0, 0.05) is 73.6 Å². The molecule has 0 aromatic carbocycles. The first-order valence-corrected chi connectivity index (χ1v) is 17.4. The molecule has 6 rings (SSSR count). The fourth-order valence-corrected chi connectivity index (χ4v) is 11.0. The Morgan fingerprint density at radius 2 is 0.729 bits per heavy atom. The van der Waals surface area contributed by atoms with Crippen LogP contribution in [0, 0.1) is 0 Å². The third-order valence-corrected chi connectivity index (χ3v) is 13.9. The Hall–Kier alpha value is 0.0800. The zero-order valence-corrected chi connectivity index (χ0v) is 38.8. The molecule has 0 amide bonds. The van der Waals surface area contributed by atoms with E-state index in [9.17, 15) is 39.6 Å². The van der Waals surface area contributed by atoms with Crippen LogP contribution in [0.25, 0.3) is 48.8 Å². The summed E-state index contributed by atoms with van der Waals surface area (Å²) in [6.07, 6.45) is -0.588. The van der Waals surface area contributed by atoms with Crippen LogP contribution in [0.3, 0.4) is 0 Å². The van der Waals surface area contributed by atoms with Crippen LogP contribution in [0.15, 0.2) is 60.7 Å². The predicted molar refractivity (Wildman–Crippen MR) is 167 cm³/mol. The van der Waals surface area contributed by atoms with Gasteiger partial charge in [-0.1, -0.05) is 0 Å². The van der Waals surface area contributed by atoms with E-state index >= 15 is 0 Å². The molecule has 0 fully saturated rings. The molecule has 222 valence electrons. The van der Waals surface area contributed by atoms with Crippen molar-refractivity contribution < 1.29 is 158 Å². The smallest absolute Gasteiger partial charge is 0.550 e. The Morgan fingerprint density at radius 1 is 0.417 bits per heavy atom. The Kier molecular flexibility index (Phi) is 17.7. The minimum atomic E-state index is -1.27. The number of rotatable bonds is 11. The van der Waals surface area contributed by atoms with E-state index in [0.717, 1.165) is 61.7 Å². The molecular weight excluding hydrogens is 773 g/mol. The van der Waals surface area contributed by atoms with Gasteiger partial charge < -0.3 is 39.6 Å². The molecule has 0 aliphatic heterocycles. The second kappa shape index (κ2) is 19.2. The predicted octanol–water partition coefficient (Wildman–Crippen LogP) is -8.28. The molecule has 0 saturated carbocycles. The van der Waals surface area contributed by atoms with Crippen molar-refractivity contribution in [3.8, 4) is 48.8 Å². The number of thiophene rings is 6. The molecule has 0 spiro atoms. The molecule has 0 N–H and O–H groups in total. The van der Waals surface area contributed by atoms with Gasteiger partial charge in [0.1, 0.15) is 0 Å². The minimum Gasteiger partial charge on any atom is -0.550 e. The van der Waals surface area contributed by atoms with E-state index in [1.54, 1.807) is 24.3 Å². The van der Waals surface area contributed by atoms with Gasteiger partial charge in [0.2, 0.25) is 0 Å². The molecule has 18 heteroatoms. The maximum absolute atomic E-state index is 11.5. The van der Waals surface area contributed by atoms with Crippen molar-refractivity contribution in [2.45, 2.75) is 12.8 Å². The maximum atomic E-state index is 11.5. The van der Waals surface area contributed by atoms with Crippen molar-refractivity contribution in [1.29, 1.82) is 0 Å². The van der Waals surface area contributed by atoms with Gasteiger partial charge in [-0.3, -0.25) is 0 Å². The second-order valence-electron chi connectivity index (χ2n) is 9.26. The van der Waals surface area contributed by atoms with E-state index in [-0.39, 0.29) is 141 Å². The number of hydrogen-bond acceptors (Lipinski definition) is 14. The Labute approximate surface area is 386 Å². The van der Waals surface area contributed by atoms with Crippen molar-refractivity contribution in [3.63, 3.8) is 0 Å². The zero-order chi connectivity index (χ0) is 31.1. The third-order valence-electron chi connectivity index (χ3n) is 6.29. The maximum Gasteiger partial charge on any atom is 1.00 e. The number of aliphatic carboxylic acids is 2. The van der Waals surface area contributed by atoms with E-state index in [2.05, 4.69) is 0 Å². The summed E-state index contributed by atoms with van der Waals surface area (Å²) < 4.78 is 0. The molecule has 0 radical (unpaired) electrons. The fraction of sp³-hybridized carbons (Fsp3) is 0.0667. The minimum absolute atomic E-state index is 0. The van der Waals surface area contributed by atoms with E-state index in [4.69, 9.17) is 0 Å². The van der Waals surface area contributed by atoms with Gasteiger partial charge in [0.05, 0.1) is 21.7 Å². The molecule has 0 aliphatic rings. The number of carbonyl (C=O) groups excluding carboxylic acids is 4. The van der Waals surface area contributed by atoms with Gasteiger partial charge >= 0.3 is 118 Å². The van der Waals surface area contributed by atoms with Gasteiger partial charge in [0.25, 0.3) is 0 Å². The first-order chi connectivity index (χ1) is 21.0. The fourth-order valence-electron chi connectivity index (χ4n) is 4.44. The molecule has 0 unspecified atom stereocenters. The van der Waals surface area contributed by atoms with E-state index in [1.165, 1.54) is 57.5 Å². The average Bonchev–Trinajstić information content (AvgIpc) is 3.79. The average molecular weight is 787 g/mol. The largest absolute Gasteiger partial charge is 1.00 e. The molecule has 0 aliphatic carbocycles. The van der Waals surface area contributed by atoms with Crippen LogP contribution in [0.2, 0.25) is 0 Å². The topological polar surface area (TPSA) is 161 Å². The summed E-state index contributed by atoms with van der Waals surface area (Å²) in [5, 5.41) is 45.5. The molecule has 6 aromatic heterocycles. The summed E-state index contributed by atoms with van der Waals surface area (Å²) in [4.78, 5) is 53.6. The Bertz CT molecular complexity index is 1940. The normalized spacial score (nSPS) is 10.2. The molecule has 6 heterocycles. The quantitative estimate of drug-likeness (QED) is 0.117. The third kappa shape index (κ3) is 10.1. The zero-order valence-electron chi connectivity index (χ0n) is 25.9. The van der Waals surface area contributed by atoms with E-state index in [1.807, 2.05) is 24.3 Å². The van der Waals surface area contributed by atoms with Gasteiger partial charge in [-0.25, -0.2) is 0 Å². The number of carbonyl (C=O) groups is 4. The van der Waals surface area contributed by atoms with Gasteiger partial charge in [-0.15, -0.1) is 68.0 Å². The standard InChI is InChI=1S/C30H18O8S6.4Na/c31-25(32)11-13-9-23(17-3-7-21(41-17)29(35)36)43-27(13)19-5-1-15(39-19)16-2-6-20(40-16)28-14(12-26(33)34)10-24(44-28)18-4-8-22(42-18)30(37)38;;;;/h1-10H,11-12H2,(H,31,32)(H,33,34)(H,35,36)(H,37,38);;;;/q;4*+1/p-4. The van der Waals surface area contributed by atoms with Crippen LogP contribution >= 0.6 is 68.0 Å². The van der Waals surface area contributed by atoms with Crippen molar-refractivity contribution >= 4 is 91.9 Å². The van der Waals surface area contributed by atoms with Crippen molar-refractivity contribution in [3.05, 3.63) is 81.5 Å². The molecule has 0 saturated heterocycles. The van der Waals surface area contributed by atoms with Crippen LogP contribution in [-0.2, 0) is 22.4 Å². The first-order valence-electron chi connectivity index (χ1n) is 12.5. The number of hydrogen-bond donors (Lipinski definition) is 0. The molecular formula is C30H14Na4O8S6. The molecule has 48 heavy (non-hydrogen) atoms. The summed E-state index contributed by atoms with van der Waals surface area (Å²) in [6, 6.07) is 17.5. The second-order valence-corrected chi connectivity index (χ2v) is 15.7. The summed E-state index contributed by atoms with van der Waals surface area (Å²) in [5.74, 6) is -4.99. The van der Waals surface area contributed by atoms with Gasteiger partial charge in [0.15, 0.2) is 0 Å². The Balaban J connectivity index is 0.00000200. The SMILES string of the molecule is O=C([O-])Cc1cc(-c2ccc(C(=O)[O-])s2)sc1-c1ccc(-c2ccc(-c3sc(-c4ccc(C(=O)[O-])s4)cc3CC(=O)[O-])s2)s1.[Na+].[Na+].[Na+].[Na+]. The summed E-state index contributed by atoms with van der Waals surface area (Å²) in [5.41, 5.74) is 1.14. The van der Waals surface area contributed by atoms with Gasteiger partial charge in [-0.05, 0) is 71.8 Å². The number of carboxylic acids is 4. The summed E-state index contributed by atoms with van der Waals surface area (Å²) >= 11 is 7.83. The molecule has 0 bridgehead atoms. The number of aromatic carboxylic acids is 2. The van der Waals surface area contributed by atoms with Gasteiger partial charge in [-0.2, -0.15) is 0 Å². The molecule has 6 aromatic rings. The van der Waals surface area contributed by atoms with Crippen molar-refractivity contribution in [2.24, 2.45) is 0 Å². The van der Waals surface area contributed by atoms with Crippen molar-refractivity contribution in [2.75, 3.05) is 0 Å². The summed E-state index contributed by atoms with van der Waals surface area (Å²) in [6.45, 7) is 0. The van der Waals surface area contributed by atoms with Crippen LogP contribution in [-0.4, -0.2) is 23.9 Å². The van der Waals surface area contributed by atoms with Crippen LogP contribution in [0.4, 0.5) is 0 Å². The van der Waals surface area contributed by atoms with Crippen molar-refractivity contribution in [1.82, 2.24) is 0 Å². The summed E-state index contributed by atoms with van der Waals surface area (Å²) in [7, 11) is 0. The number of carboxylic acid groups (broad SMARTS) is 4. The monoisotopic (exact) mass is 786 g/mol. The Morgan fingerprint density at radius 3 is 1.04 bits per heavy atom. The molecule has 0 atom stereocenters. The van der Waals surface area contributed by atoms with E-state index < -0.39 is 23.9 Å². The van der Waals surface area contributed by atoms with Crippen LogP contribution < -0.4 is 139 Å². The van der Waals surface area contributed by atoms with E-state index in [0.29, 0.717) is 20.9 Å². The van der Waals surface area contributed by atoms with Crippen LogP contribution in [0.1, 0.15) is 30.5 Å². The van der Waals surface area contributed by atoms with Crippen LogP contribution in [0.5, 0.6) is 0 Å².